The van der Waals surface area contributed by atoms with Gasteiger partial charge in [-0.05, 0) is 25.1 Å². The molecule has 1 aliphatic heterocycles. The third kappa shape index (κ3) is 1.14. The van der Waals surface area contributed by atoms with Gasteiger partial charge in [0.15, 0.2) is 0 Å². The topological polar surface area (TPSA) is 42.4 Å². The van der Waals surface area contributed by atoms with Crippen LogP contribution < -0.4 is 10.6 Å². The Balaban J connectivity index is 2.32. The van der Waals surface area contributed by atoms with Crippen LogP contribution in [-0.4, -0.2) is 13.1 Å². The Bertz CT molecular complexity index is 583. The average Bonchev–Trinajstić information content (AvgIpc) is 2.62. The van der Waals surface area contributed by atoms with Crippen molar-refractivity contribution in [3.8, 4) is 0 Å². The molecule has 3 nitrogen and oxygen atoms in total. The number of anilines is 2. The molecule has 3 rings (SSSR count). The third-order valence-electron chi connectivity index (χ3n) is 3.20. The maximum absolute atomic E-state index is 5.85. The van der Waals surface area contributed by atoms with E-state index in [9.17, 15) is 0 Å². The summed E-state index contributed by atoms with van der Waals surface area (Å²) in [6.45, 7) is 2.14. The fraction of sp³-hybridized carbons (Fsp3) is 0.231. The number of nitrogen functional groups attached to an aromatic ring is 1. The molecule has 0 radical (unpaired) electrons. The normalized spacial score (nSPS) is 19.1. The van der Waals surface area contributed by atoms with Gasteiger partial charge in [0.2, 0.25) is 5.88 Å². The highest BCUT2D eigenvalue weighted by molar-refractivity contribution is 5.95. The fourth-order valence-electron chi connectivity index (χ4n) is 2.09. The molecule has 16 heavy (non-hydrogen) atoms. The van der Waals surface area contributed by atoms with Crippen molar-refractivity contribution < 1.29 is 4.42 Å². The molecule has 0 spiro atoms. The lowest BCUT2D eigenvalue weighted by molar-refractivity contribution is 0.583. The molecule has 82 valence electrons. The number of likely N-dealkylation sites (N-methyl/N-ethyl adjacent to an activating group) is 1. The number of furan rings is 1. The molecule has 0 fully saturated rings. The van der Waals surface area contributed by atoms with Crippen molar-refractivity contribution in [2.75, 3.05) is 17.7 Å². The SMILES string of the molecule is CC1C=Cc2c(oc3ccc(N)cc23)N1C. The molecule has 0 saturated heterocycles. The Morgan fingerprint density at radius 2 is 2.19 bits per heavy atom. The van der Waals surface area contributed by atoms with Crippen molar-refractivity contribution in [1.82, 2.24) is 0 Å². The Kier molecular flexibility index (Phi) is 1.78. The molecule has 0 saturated carbocycles. The maximum Gasteiger partial charge on any atom is 0.204 e. The van der Waals surface area contributed by atoms with Gasteiger partial charge in [-0.3, -0.25) is 0 Å². The van der Waals surface area contributed by atoms with Crippen LogP contribution in [0.25, 0.3) is 17.0 Å². The van der Waals surface area contributed by atoms with E-state index in [2.05, 4.69) is 24.0 Å². The van der Waals surface area contributed by atoms with Crippen LogP contribution in [0.2, 0.25) is 0 Å². The van der Waals surface area contributed by atoms with Gasteiger partial charge in [0, 0.05) is 29.7 Å². The van der Waals surface area contributed by atoms with Crippen LogP contribution in [0.5, 0.6) is 0 Å². The summed E-state index contributed by atoms with van der Waals surface area (Å²) in [5, 5.41) is 1.09. The second-order valence-electron chi connectivity index (χ2n) is 4.29. The number of hydrogen-bond donors (Lipinski definition) is 1. The van der Waals surface area contributed by atoms with Crippen LogP contribution in [0.1, 0.15) is 12.5 Å². The van der Waals surface area contributed by atoms with Gasteiger partial charge in [0.25, 0.3) is 0 Å². The Morgan fingerprint density at radius 1 is 1.38 bits per heavy atom. The zero-order valence-electron chi connectivity index (χ0n) is 9.40. The molecule has 3 heteroatoms. The lowest BCUT2D eigenvalue weighted by Crippen LogP contribution is -2.28. The molecular formula is C13H14N2O. The molecule has 2 N–H and O–H groups in total. The van der Waals surface area contributed by atoms with Crippen LogP contribution >= 0.6 is 0 Å². The molecule has 1 unspecified atom stereocenters. The van der Waals surface area contributed by atoms with Gasteiger partial charge in [-0.15, -0.1) is 0 Å². The summed E-state index contributed by atoms with van der Waals surface area (Å²) < 4.78 is 5.85. The van der Waals surface area contributed by atoms with Crippen LogP contribution in [0.15, 0.2) is 28.7 Å². The number of rotatable bonds is 0. The molecule has 0 amide bonds. The van der Waals surface area contributed by atoms with E-state index in [1.807, 2.05) is 25.2 Å². The van der Waals surface area contributed by atoms with Gasteiger partial charge in [-0.1, -0.05) is 12.2 Å². The number of benzene rings is 1. The molecule has 2 aromatic rings. The summed E-state index contributed by atoms with van der Waals surface area (Å²) in [4.78, 5) is 2.13. The fourth-order valence-corrected chi connectivity index (χ4v) is 2.09. The van der Waals surface area contributed by atoms with E-state index in [4.69, 9.17) is 10.2 Å². The summed E-state index contributed by atoms with van der Waals surface area (Å²) >= 11 is 0. The third-order valence-corrected chi connectivity index (χ3v) is 3.20. The van der Waals surface area contributed by atoms with Crippen molar-refractivity contribution in [3.63, 3.8) is 0 Å². The highest BCUT2D eigenvalue weighted by atomic mass is 16.4. The minimum Gasteiger partial charge on any atom is -0.440 e. The number of hydrogen-bond acceptors (Lipinski definition) is 3. The Hall–Kier alpha value is -1.90. The second kappa shape index (κ2) is 3.04. The van der Waals surface area contributed by atoms with Gasteiger partial charge in [-0.2, -0.15) is 0 Å². The standard InChI is InChI=1S/C13H14N2O/c1-8-3-5-10-11-7-9(14)4-6-12(11)16-13(10)15(8)2/h3-8H,14H2,1-2H3. The van der Waals surface area contributed by atoms with Crippen molar-refractivity contribution in [3.05, 3.63) is 29.8 Å². The first-order valence-corrected chi connectivity index (χ1v) is 5.40. The van der Waals surface area contributed by atoms with Crippen molar-refractivity contribution in [2.24, 2.45) is 0 Å². The number of nitrogens with two attached hydrogens (primary N) is 1. The summed E-state index contributed by atoms with van der Waals surface area (Å²) in [6.07, 6.45) is 4.28. The molecule has 1 atom stereocenters. The first-order valence-electron chi connectivity index (χ1n) is 5.40. The van der Waals surface area contributed by atoms with E-state index < -0.39 is 0 Å². The van der Waals surface area contributed by atoms with Gasteiger partial charge in [-0.25, -0.2) is 0 Å². The van der Waals surface area contributed by atoms with Gasteiger partial charge < -0.3 is 15.1 Å². The van der Waals surface area contributed by atoms with Crippen LogP contribution in [0.4, 0.5) is 11.6 Å². The minimum absolute atomic E-state index is 0.366. The van der Waals surface area contributed by atoms with Crippen LogP contribution in [0.3, 0.4) is 0 Å². The Morgan fingerprint density at radius 3 is 3.00 bits per heavy atom. The highest BCUT2D eigenvalue weighted by Gasteiger charge is 2.21. The van der Waals surface area contributed by atoms with E-state index in [0.717, 1.165) is 28.1 Å². The monoisotopic (exact) mass is 214 g/mol. The van der Waals surface area contributed by atoms with Crippen LogP contribution in [0, 0.1) is 0 Å². The zero-order chi connectivity index (χ0) is 11.3. The van der Waals surface area contributed by atoms with Crippen molar-refractivity contribution >= 4 is 28.6 Å². The van der Waals surface area contributed by atoms with Crippen molar-refractivity contribution in [2.45, 2.75) is 13.0 Å². The van der Waals surface area contributed by atoms with Gasteiger partial charge in [0.05, 0.1) is 0 Å². The first-order chi connectivity index (χ1) is 7.66. The lowest BCUT2D eigenvalue weighted by atomic mass is 10.1. The number of nitrogens with zero attached hydrogens (tertiary/aromatic N) is 1. The highest BCUT2D eigenvalue weighted by Crippen LogP contribution is 2.37. The molecule has 0 aliphatic carbocycles. The molecule has 2 heterocycles. The predicted octanol–water partition coefficient (Wildman–Crippen LogP) is 2.87. The second-order valence-corrected chi connectivity index (χ2v) is 4.29. The lowest BCUT2D eigenvalue weighted by Gasteiger charge is -2.25. The Labute approximate surface area is 94.1 Å². The van der Waals surface area contributed by atoms with E-state index in [1.54, 1.807) is 0 Å². The summed E-state index contributed by atoms with van der Waals surface area (Å²) in [7, 11) is 2.04. The molecule has 0 bridgehead atoms. The molecule has 1 aromatic heterocycles. The summed E-state index contributed by atoms with van der Waals surface area (Å²) in [5.41, 5.74) is 8.59. The summed E-state index contributed by atoms with van der Waals surface area (Å²) in [5.74, 6) is 0.926. The van der Waals surface area contributed by atoms with E-state index >= 15 is 0 Å². The maximum atomic E-state index is 5.85. The quantitative estimate of drug-likeness (QED) is 0.686. The van der Waals surface area contributed by atoms with E-state index in [1.165, 1.54) is 0 Å². The smallest absolute Gasteiger partial charge is 0.204 e. The average molecular weight is 214 g/mol. The van der Waals surface area contributed by atoms with Gasteiger partial charge >= 0.3 is 0 Å². The molecule has 1 aliphatic rings. The molecule has 1 aromatic carbocycles. The van der Waals surface area contributed by atoms with Crippen molar-refractivity contribution in [1.29, 1.82) is 0 Å². The van der Waals surface area contributed by atoms with Crippen LogP contribution in [-0.2, 0) is 0 Å². The van der Waals surface area contributed by atoms with E-state index in [0.29, 0.717) is 6.04 Å². The molecular weight excluding hydrogens is 200 g/mol. The first kappa shape index (κ1) is 9.33. The largest absolute Gasteiger partial charge is 0.440 e. The zero-order valence-corrected chi connectivity index (χ0v) is 9.40. The minimum atomic E-state index is 0.366. The van der Waals surface area contributed by atoms with E-state index in [-0.39, 0.29) is 0 Å². The summed E-state index contributed by atoms with van der Waals surface area (Å²) in [6, 6.07) is 6.12. The predicted molar refractivity (Wildman–Crippen MR) is 67.5 cm³/mol. The van der Waals surface area contributed by atoms with Gasteiger partial charge in [0.1, 0.15) is 5.58 Å². The number of fused-ring (bicyclic) bond motifs is 3.